The van der Waals surface area contributed by atoms with Gasteiger partial charge in [-0.05, 0) is 41.5 Å². The Morgan fingerprint density at radius 2 is 1.83 bits per heavy atom. The fourth-order valence-corrected chi connectivity index (χ4v) is 4.58. The summed E-state index contributed by atoms with van der Waals surface area (Å²) in [5, 5.41) is 0. The summed E-state index contributed by atoms with van der Waals surface area (Å²) in [4.78, 5) is 22.0. The minimum absolute atomic E-state index is 0.107. The second kappa shape index (κ2) is 7.37. The number of hydrogen-bond acceptors (Lipinski definition) is 4. The summed E-state index contributed by atoms with van der Waals surface area (Å²) < 4.78 is 7.43. The molecule has 2 aliphatic heterocycles. The maximum atomic E-state index is 13.3. The molecule has 6 nitrogen and oxygen atoms in total. The van der Waals surface area contributed by atoms with Crippen molar-refractivity contribution in [1.29, 1.82) is 0 Å². The van der Waals surface area contributed by atoms with Gasteiger partial charge >= 0.3 is 0 Å². The molecular formula is C23H24N4O2. The van der Waals surface area contributed by atoms with Crippen molar-refractivity contribution in [3.8, 4) is 5.75 Å². The number of methoxy groups -OCH3 is 1. The Morgan fingerprint density at radius 1 is 1.00 bits per heavy atom. The van der Waals surface area contributed by atoms with E-state index in [0.717, 1.165) is 36.6 Å². The summed E-state index contributed by atoms with van der Waals surface area (Å²) in [7, 11) is 1.66. The van der Waals surface area contributed by atoms with Crippen LogP contribution in [0, 0.1) is 0 Å². The number of pyridine rings is 1. The van der Waals surface area contributed by atoms with Crippen LogP contribution in [-0.2, 0) is 13.1 Å². The van der Waals surface area contributed by atoms with Crippen LogP contribution < -0.4 is 4.74 Å². The van der Waals surface area contributed by atoms with Gasteiger partial charge in [-0.15, -0.1) is 0 Å². The molecule has 148 valence electrons. The van der Waals surface area contributed by atoms with E-state index in [1.165, 1.54) is 5.56 Å². The lowest BCUT2D eigenvalue weighted by Gasteiger charge is -2.38. The van der Waals surface area contributed by atoms with Gasteiger partial charge in [0.1, 0.15) is 11.4 Å². The minimum atomic E-state index is 0.107. The largest absolute Gasteiger partial charge is 0.497 e. The van der Waals surface area contributed by atoms with Crippen molar-refractivity contribution in [2.24, 2.45) is 0 Å². The number of likely N-dealkylation sites (tertiary alicyclic amines) is 1. The number of carbonyl (C=O) groups is 1. The van der Waals surface area contributed by atoms with E-state index in [2.05, 4.69) is 20.5 Å². The van der Waals surface area contributed by atoms with E-state index in [1.54, 1.807) is 13.3 Å². The van der Waals surface area contributed by atoms with Gasteiger partial charge in [-0.3, -0.25) is 14.7 Å². The molecule has 5 rings (SSSR count). The van der Waals surface area contributed by atoms with E-state index in [4.69, 9.17) is 4.74 Å². The Hall–Kier alpha value is -3.12. The first-order chi connectivity index (χ1) is 14.2. The van der Waals surface area contributed by atoms with Gasteiger partial charge in [-0.2, -0.15) is 0 Å². The Bertz CT molecular complexity index is 999. The third-order valence-electron chi connectivity index (χ3n) is 5.99. The molecule has 0 bridgehead atoms. The minimum Gasteiger partial charge on any atom is -0.497 e. The summed E-state index contributed by atoms with van der Waals surface area (Å²) in [6, 6.07) is 16.4. The normalized spacial score (nSPS) is 21.1. The number of benzene rings is 1. The Morgan fingerprint density at radius 3 is 2.59 bits per heavy atom. The molecular weight excluding hydrogens is 364 g/mol. The van der Waals surface area contributed by atoms with Gasteiger partial charge < -0.3 is 14.2 Å². The summed E-state index contributed by atoms with van der Waals surface area (Å²) in [6.45, 7) is 3.24. The van der Waals surface area contributed by atoms with Gasteiger partial charge in [-0.1, -0.05) is 18.2 Å². The van der Waals surface area contributed by atoms with Crippen molar-refractivity contribution in [2.75, 3.05) is 20.2 Å². The molecule has 1 amide bonds. The van der Waals surface area contributed by atoms with Crippen LogP contribution in [0.3, 0.4) is 0 Å². The van der Waals surface area contributed by atoms with Crippen LogP contribution in [0.2, 0.25) is 0 Å². The van der Waals surface area contributed by atoms with Gasteiger partial charge in [-0.25, -0.2) is 0 Å². The third-order valence-corrected chi connectivity index (χ3v) is 5.99. The fourth-order valence-electron chi connectivity index (χ4n) is 4.58. The Labute approximate surface area is 170 Å². The number of rotatable bonds is 5. The first-order valence-electron chi connectivity index (χ1n) is 9.95. The predicted molar refractivity (Wildman–Crippen MR) is 110 cm³/mol. The fraction of sp³-hybridized carbons (Fsp3) is 0.304. The monoisotopic (exact) mass is 388 g/mol. The maximum absolute atomic E-state index is 13.3. The topological polar surface area (TPSA) is 50.6 Å². The van der Waals surface area contributed by atoms with E-state index >= 15 is 0 Å². The third kappa shape index (κ3) is 3.29. The molecule has 3 aromatic rings. The second-order valence-electron chi connectivity index (χ2n) is 7.77. The first-order valence-corrected chi connectivity index (χ1v) is 9.95. The second-order valence-corrected chi connectivity index (χ2v) is 7.77. The van der Waals surface area contributed by atoms with Crippen molar-refractivity contribution in [3.05, 3.63) is 83.9 Å². The molecule has 1 aromatic carbocycles. The number of aromatic nitrogens is 2. The molecule has 6 heteroatoms. The molecule has 2 atom stereocenters. The number of hydrogen-bond donors (Lipinski definition) is 0. The zero-order valence-electron chi connectivity index (χ0n) is 16.4. The lowest BCUT2D eigenvalue weighted by atomic mass is 10.0. The molecule has 1 saturated heterocycles. The molecule has 0 radical (unpaired) electrons. The van der Waals surface area contributed by atoms with Crippen LogP contribution in [0.25, 0.3) is 0 Å². The molecule has 29 heavy (non-hydrogen) atoms. The van der Waals surface area contributed by atoms with Crippen molar-refractivity contribution >= 4 is 5.91 Å². The molecule has 2 unspecified atom stereocenters. The highest BCUT2D eigenvalue weighted by atomic mass is 16.5. The molecule has 0 spiro atoms. The van der Waals surface area contributed by atoms with Gasteiger partial charge in [0.2, 0.25) is 0 Å². The van der Waals surface area contributed by atoms with Gasteiger partial charge in [0.15, 0.2) is 0 Å². The van der Waals surface area contributed by atoms with Crippen LogP contribution in [0.1, 0.15) is 27.7 Å². The standard InChI is InChI=1S/C23H24N4O2/c1-29-19-8-6-17(7-9-19)14-27-22-16-25(13-18-4-2-10-24-12-18)15-21(22)26-11-3-5-20(26)23(27)28/h2-12,21-22H,13-16H2,1H3. The summed E-state index contributed by atoms with van der Waals surface area (Å²) in [6.07, 6.45) is 5.77. The lowest BCUT2D eigenvalue weighted by molar-refractivity contribution is 0.0556. The van der Waals surface area contributed by atoms with Crippen molar-refractivity contribution in [1.82, 2.24) is 19.4 Å². The molecule has 0 N–H and O–H groups in total. The smallest absolute Gasteiger partial charge is 0.271 e. The molecule has 0 aliphatic carbocycles. The van der Waals surface area contributed by atoms with E-state index < -0.39 is 0 Å². The van der Waals surface area contributed by atoms with Crippen molar-refractivity contribution < 1.29 is 9.53 Å². The van der Waals surface area contributed by atoms with Gasteiger partial charge in [0.05, 0.1) is 19.2 Å². The molecule has 0 saturated carbocycles. The van der Waals surface area contributed by atoms with E-state index in [-0.39, 0.29) is 18.0 Å². The summed E-state index contributed by atoms with van der Waals surface area (Å²) >= 11 is 0. The van der Waals surface area contributed by atoms with Gasteiger partial charge in [0, 0.05) is 44.8 Å². The highest BCUT2D eigenvalue weighted by molar-refractivity contribution is 5.94. The molecule has 4 heterocycles. The molecule has 1 fully saturated rings. The molecule has 2 aliphatic rings. The number of ether oxygens (including phenoxy) is 1. The van der Waals surface area contributed by atoms with Crippen LogP contribution >= 0.6 is 0 Å². The zero-order chi connectivity index (χ0) is 19.8. The number of fused-ring (bicyclic) bond motifs is 3. The van der Waals surface area contributed by atoms with E-state index in [1.807, 2.05) is 59.8 Å². The average molecular weight is 388 g/mol. The number of carbonyl (C=O) groups excluding carboxylic acids is 1. The lowest BCUT2D eigenvalue weighted by Crippen LogP contribution is -2.49. The number of amides is 1. The zero-order valence-corrected chi connectivity index (χ0v) is 16.4. The van der Waals surface area contributed by atoms with Crippen LogP contribution in [0.15, 0.2) is 67.1 Å². The maximum Gasteiger partial charge on any atom is 0.271 e. The number of nitrogens with zero attached hydrogens (tertiary/aromatic N) is 4. The van der Waals surface area contributed by atoms with E-state index in [9.17, 15) is 4.79 Å². The van der Waals surface area contributed by atoms with Crippen LogP contribution in [-0.4, -0.2) is 51.5 Å². The highest BCUT2D eigenvalue weighted by Gasteiger charge is 2.44. The summed E-state index contributed by atoms with van der Waals surface area (Å²) in [5.41, 5.74) is 3.10. The highest BCUT2D eigenvalue weighted by Crippen LogP contribution is 2.35. The predicted octanol–water partition coefficient (Wildman–Crippen LogP) is 2.97. The van der Waals surface area contributed by atoms with E-state index in [0.29, 0.717) is 6.54 Å². The SMILES string of the molecule is COc1ccc(CN2C(=O)c3cccn3C3CN(Cc4cccnc4)CC32)cc1. The average Bonchev–Trinajstić information content (AvgIpc) is 3.39. The quantitative estimate of drug-likeness (QED) is 0.674. The molecule has 2 aromatic heterocycles. The van der Waals surface area contributed by atoms with Crippen molar-refractivity contribution in [3.63, 3.8) is 0 Å². The Kier molecular flexibility index (Phi) is 4.56. The van der Waals surface area contributed by atoms with Crippen molar-refractivity contribution in [2.45, 2.75) is 25.2 Å². The van der Waals surface area contributed by atoms with Crippen LogP contribution in [0.4, 0.5) is 0 Å². The first kappa shape index (κ1) is 17.9. The Balaban J connectivity index is 1.41. The van der Waals surface area contributed by atoms with Crippen LogP contribution in [0.5, 0.6) is 5.75 Å². The van der Waals surface area contributed by atoms with Gasteiger partial charge in [0.25, 0.3) is 5.91 Å². The summed E-state index contributed by atoms with van der Waals surface area (Å²) in [5.74, 6) is 0.935.